The molecule has 5 nitrogen and oxygen atoms in total. The highest BCUT2D eigenvalue weighted by Gasteiger charge is 2.30. The third-order valence-corrected chi connectivity index (χ3v) is 3.78. The minimum atomic E-state index is -4.38. The van der Waals surface area contributed by atoms with Gasteiger partial charge in [-0.25, -0.2) is 9.98 Å². The lowest BCUT2D eigenvalue weighted by molar-refractivity contribution is -0.137. The quantitative estimate of drug-likeness (QED) is 0.258. The first-order chi connectivity index (χ1) is 13.6. The molecule has 0 aliphatic carbocycles. The molecule has 30 heavy (non-hydrogen) atoms. The second-order valence-corrected chi connectivity index (χ2v) is 7.30. The molecular formula is C21H26F3IN4O. The molecule has 164 valence electrons. The molecule has 0 fully saturated rings. The number of rotatable bonds is 4. The zero-order chi connectivity index (χ0) is 21.5. The van der Waals surface area contributed by atoms with Crippen LogP contribution in [-0.2, 0) is 18.1 Å². The lowest BCUT2D eigenvalue weighted by Gasteiger charge is -2.13. The summed E-state index contributed by atoms with van der Waals surface area (Å²) in [6, 6.07) is 4.93. The van der Waals surface area contributed by atoms with E-state index in [0.717, 1.165) is 17.9 Å². The number of alkyl halides is 3. The highest BCUT2D eigenvalue weighted by molar-refractivity contribution is 14.0. The summed E-state index contributed by atoms with van der Waals surface area (Å²) in [6.45, 7) is 9.16. The topological polar surface area (TPSA) is 62.5 Å². The number of nitrogens with one attached hydrogen (secondary N) is 2. The lowest BCUT2D eigenvalue weighted by atomic mass is 9.94. The summed E-state index contributed by atoms with van der Waals surface area (Å²) in [5.74, 6) is 7.33. The van der Waals surface area contributed by atoms with Gasteiger partial charge in [-0.1, -0.05) is 38.7 Å². The highest BCUT2D eigenvalue weighted by atomic mass is 127. The summed E-state index contributed by atoms with van der Waals surface area (Å²) in [4.78, 5) is 8.62. The Kier molecular flexibility index (Phi) is 9.68. The maximum atomic E-state index is 12.7. The van der Waals surface area contributed by atoms with Gasteiger partial charge in [0.1, 0.15) is 12.3 Å². The fraction of sp³-hybridized carbons (Fsp3) is 0.429. The first-order valence-electron chi connectivity index (χ1n) is 9.23. The van der Waals surface area contributed by atoms with Crippen LogP contribution < -0.4 is 10.6 Å². The number of oxazole rings is 1. The minimum absolute atomic E-state index is 0. The Morgan fingerprint density at radius 3 is 2.53 bits per heavy atom. The van der Waals surface area contributed by atoms with Crippen molar-refractivity contribution >= 4 is 29.9 Å². The number of halogens is 4. The van der Waals surface area contributed by atoms with Crippen LogP contribution in [0, 0.1) is 11.8 Å². The van der Waals surface area contributed by atoms with Crippen molar-refractivity contribution in [3.05, 3.63) is 53.2 Å². The Balaban J connectivity index is 0.00000450. The molecule has 0 bridgehead atoms. The van der Waals surface area contributed by atoms with Crippen molar-refractivity contribution in [3.8, 4) is 11.8 Å². The molecule has 0 saturated carbocycles. The Labute approximate surface area is 192 Å². The van der Waals surface area contributed by atoms with Crippen LogP contribution in [0.3, 0.4) is 0 Å². The predicted octanol–water partition coefficient (Wildman–Crippen LogP) is 4.72. The largest absolute Gasteiger partial charge is 0.443 e. The van der Waals surface area contributed by atoms with Gasteiger partial charge in [-0.3, -0.25) is 0 Å². The number of guanidine groups is 1. The second kappa shape index (κ2) is 11.2. The average molecular weight is 534 g/mol. The van der Waals surface area contributed by atoms with E-state index in [2.05, 4.69) is 32.5 Å². The molecule has 0 unspecified atom stereocenters. The van der Waals surface area contributed by atoms with Crippen LogP contribution in [-0.4, -0.2) is 24.0 Å². The summed E-state index contributed by atoms with van der Waals surface area (Å²) >= 11 is 0. The molecule has 0 aliphatic heterocycles. The van der Waals surface area contributed by atoms with Crippen molar-refractivity contribution < 1.29 is 17.6 Å². The van der Waals surface area contributed by atoms with Crippen LogP contribution >= 0.6 is 24.0 Å². The van der Waals surface area contributed by atoms with Gasteiger partial charge in [0.25, 0.3) is 0 Å². The van der Waals surface area contributed by atoms with Crippen molar-refractivity contribution in [1.82, 2.24) is 15.6 Å². The summed E-state index contributed by atoms with van der Waals surface area (Å²) < 4.78 is 43.9. The molecule has 0 radical (unpaired) electrons. The van der Waals surface area contributed by atoms with E-state index in [1.54, 1.807) is 6.20 Å². The lowest BCUT2D eigenvalue weighted by Crippen LogP contribution is -2.37. The molecule has 1 aromatic heterocycles. The van der Waals surface area contributed by atoms with Gasteiger partial charge in [0, 0.05) is 17.5 Å². The fourth-order valence-corrected chi connectivity index (χ4v) is 2.27. The summed E-state index contributed by atoms with van der Waals surface area (Å²) in [7, 11) is 0. The minimum Gasteiger partial charge on any atom is -0.443 e. The van der Waals surface area contributed by atoms with E-state index in [1.807, 2.05) is 27.7 Å². The number of aromatic nitrogens is 1. The third-order valence-electron chi connectivity index (χ3n) is 3.78. The van der Waals surface area contributed by atoms with E-state index >= 15 is 0 Å². The Bertz CT molecular complexity index is 905. The van der Waals surface area contributed by atoms with Gasteiger partial charge in [0.05, 0.1) is 18.3 Å². The number of nitrogens with zero attached hydrogens (tertiary/aromatic N) is 2. The van der Waals surface area contributed by atoms with E-state index < -0.39 is 11.7 Å². The van der Waals surface area contributed by atoms with Gasteiger partial charge in [0.2, 0.25) is 5.89 Å². The molecule has 1 heterocycles. The van der Waals surface area contributed by atoms with Gasteiger partial charge in [-0.2, -0.15) is 13.2 Å². The average Bonchev–Trinajstić information content (AvgIpc) is 3.12. The van der Waals surface area contributed by atoms with Crippen LogP contribution in [0.15, 0.2) is 39.9 Å². The molecule has 9 heteroatoms. The maximum absolute atomic E-state index is 12.7. The number of benzene rings is 1. The fourth-order valence-electron chi connectivity index (χ4n) is 2.27. The molecule has 2 rings (SSSR count). The van der Waals surface area contributed by atoms with E-state index in [9.17, 15) is 13.2 Å². The van der Waals surface area contributed by atoms with E-state index in [4.69, 9.17) is 4.42 Å². The van der Waals surface area contributed by atoms with Crippen molar-refractivity contribution in [2.75, 3.05) is 13.1 Å². The van der Waals surface area contributed by atoms with Gasteiger partial charge in [0.15, 0.2) is 5.96 Å². The Morgan fingerprint density at radius 1 is 1.20 bits per heavy atom. The van der Waals surface area contributed by atoms with E-state index in [1.165, 1.54) is 12.1 Å². The molecule has 0 spiro atoms. The summed E-state index contributed by atoms with van der Waals surface area (Å²) in [5.41, 5.74) is -0.540. The molecule has 0 amide bonds. The zero-order valence-electron chi connectivity index (χ0n) is 17.4. The molecular weight excluding hydrogens is 508 g/mol. The molecule has 0 saturated heterocycles. The van der Waals surface area contributed by atoms with E-state index in [0.29, 0.717) is 24.0 Å². The van der Waals surface area contributed by atoms with Crippen molar-refractivity contribution in [1.29, 1.82) is 0 Å². The number of aliphatic imine (C=N–C) groups is 1. The van der Waals surface area contributed by atoms with Gasteiger partial charge >= 0.3 is 6.18 Å². The SMILES string of the molecule is CCNC(=NCc1ncc(C(C)(C)C)o1)NCC#Cc1cccc(C(F)(F)F)c1.I. The van der Waals surface area contributed by atoms with Gasteiger partial charge in [-0.15, -0.1) is 24.0 Å². The number of hydrogen-bond donors (Lipinski definition) is 2. The zero-order valence-corrected chi connectivity index (χ0v) is 19.7. The van der Waals surface area contributed by atoms with Crippen molar-refractivity contribution in [2.24, 2.45) is 4.99 Å². The normalized spacial score (nSPS) is 11.9. The van der Waals surface area contributed by atoms with Crippen molar-refractivity contribution in [3.63, 3.8) is 0 Å². The monoisotopic (exact) mass is 534 g/mol. The van der Waals surface area contributed by atoms with Crippen LogP contribution in [0.5, 0.6) is 0 Å². The molecule has 1 aromatic carbocycles. The van der Waals surface area contributed by atoms with Gasteiger partial charge in [-0.05, 0) is 25.1 Å². The van der Waals surface area contributed by atoms with Crippen LogP contribution in [0.2, 0.25) is 0 Å². The van der Waals surface area contributed by atoms with Crippen LogP contribution in [0.4, 0.5) is 13.2 Å². The maximum Gasteiger partial charge on any atom is 0.416 e. The smallest absolute Gasteiger partial charge is 0.416 e. The number of hydrogen-bond acceptors (Lipinski definition) is 3. The molecule has 0 atom stereocenters. The van der Waals surface area contributed by atoms with Gasteiger partial charge < -0.3 is 15.1 Å². The molecule has 0 aliphatic rings. The van der Waals surface area contributed by atoms with Crippen LogP contribution in [0.25, 0.3) is 0 Å². The second-order valence-electron chi connectivity index (χ2n) is 7.30. The molecule has 2 aromatic rings. The predicted molar refractivity (Wildman–Crippen MR) is 122 cm³/mol. The molecule has 2 N–H and O–H groups in total. The van der Waals surface area contributed by atoms with Crippen molar-refractivity contribution in [2.45, 2.75) is 45.8 Å². The first-order valence-corrected chi connectivity index (χ1v) is 9.23. The summed E-state index contributed by atoms with van der Waals surface area (Å²) in [6.07, 6.45) is -2.68. The van der Waals surface area contributed by atoms with E-state index in [-0.39, 0.29) is 42.5 Å². The summed E-state index contributed by atoms with van der Waals surface area (Å²) in [5, 5.41) is 6.09. The Morgan fingerprint density at radius 2 is 1.93 bits per heavy atom. The standard InChI is InChI=1S/C21H25F3N4O.HI/c1-5-25-19(28-14-18-27-13-17(29-18)20(2,3)4)26-11-7-9-15-8-6-10-16(12-15)21(22,23)24;/h6,8,10,12-13H,5,11,14H2,1-4H3,(H2,25,26,28);1H. The Hall–Kier alpha value is -2.22. The van der Waals surface area contributed by atoms with Crippen LogP contribution in [0.1, 0.15) is 50.5 Å². The first kappa shape index (κ1) is 25.8. The third kappa shape index (κ3) is 8.26. The highest BCUT2D eigenvalue weighted by Crippen LogP contribution is 2.29.